The minimum atomic E-state index is -0.555. The van der Waals surface area contributed by atoms with Crippen LogP contribution >= 0.6 is 11.7 Å². The summed E-state index contributed by atoms with van der Waals surface area (Å²) in [4.78, 5) is 29.0. The largest absolute Gasteiger partial charge is 0.365 e. The maximum atomic E-state index is 12.8. The number of hydrogen-bond acceptors (Lipinski definition) is 6. The van der Waals surface area contributed by atoms with Crippen LogP contribution in [0.1, 0.15) is 29.6 Å². The highest BCUT2D eigenvalue weighted by Gasteiger charge is 2.33. The highest BCUT2D eigenvalue weighted by molar-refractivity contribution is 7.00. The number of hydrogen-bond donors (Lipinski definition) is 0. The predicted octanol–water partition coefficient (Wildman–Crippen LogP) is 1.54. The highest BCUT2D eigenvalue weighted by Crippen LogP contribution is 2.18. The molecule has 2 saturated heterocycles. The zero-order valence-corrected chi connectivity index (χ0v) is 14.7. The third-order valence-electron chi connectivity index (χ3n) is 4.80. The molecular formula is C17H20N4O3S. The normalized spacial score (nSPS) is 21.5. The first-order valence-corrected chi connectivity index (χ1v) is 9.37. The van der Waals surface area contributed by atoms with Gasteiger partial charge in [0.1, 0.15) is 11.0 Å². The van der Waals surface area contributed by atoms with Crippen LogP contribution in [0.3, 0.4) is 0 Å². The van der Waals surface area contributed by atoms with Crippen molar-refractivity contribution in [1.29, 1.82) is 0 Å². The van der Waals surface area contributed by atoms with Crippen LogP contribution in [0.15, 0.2) is 18.2 Å². The Labute approximate surface area is 149 Å². The van der Waals surface area contributed by atoms with Crippen LogP contribution in [0, 0.1) is 0 Å². The van der Waals surface area contributed by atoms with Gasteiger partial charge in [0.15, 0.2) is 6.10 Å². The standard InChI is InChI=1S/C17H20N4O3S/c22-16(12-4-5-13-14(10-12)19-25-18-13)21-8-9-24-15(11-21)17(23)20-6-2-1-3-7-20/h4-5,10,15H,1-3,6-9,11H2. The number of benzene rings is 1. The SMILES string of the molecule is O=C(c1ccc2nsnc2c1)N1CCOC(C(=O)N2CCCCC2)C1. The van der Waals surface area contributed by atoms with E-state index in [4.69, 9.17) is 4.74 Å². The molecule has 2 aliphatic rings. The Morgan fingerprint density at radius 1 is 1.04 bits per heavy atom. The topological polar surface area (TPSA) is 75.6 Å². The fraction of sp³-hybridized carbons (Fsp3) is 0.529. The number of rotatable bonds is 2. The maximum absolute atomic E-state index is 12.8. The number of morpholine rings is 1. The molecule has 2 fully saturated rings. The van der Waals surface area contributed by atoms with Gasteiger partial charge in [-0.25, -0.2) is 0 Å². The summed E-state index contributed by atoms with van der Waals surface area (Å²) in [5.74, 6) is -0.0778. The average molecular weight is 360 g/mol. The molecule has 1 aromatic heterocycles. The Morgan fingerprint density at radius 3 is 2.68 bits per heavy atom. The third-order valence-corrected chi connectivity index (χ3v) is 5.35. The summed E-state index contributed by atoms with van der Waals surface area (Å²) in [7, 11) is 0. The monoisotopic (exact) mass is 360 g/mol. The number of nitrogens with zero attached hydrogens (tertiary/aromatic N) is 4. The second-order valence-corrected chi connectivity index (χ2v) is 6.99. The molecule has 0 bridgehead atoms. The van der Waals surface area contributed by atoms with Crippen LogP contribution in [-0.4, -0.2) is 69.3 Å². The van der Waals surface area contributed by atoms with Gasteiger partial charge in [-0.15, -0.1) is 0 Å². The number of carbonyl (C=O) groups excluding carboxylic acids is 2. The lowest BCUT2D eigenvalue weighted by Gasteiger charge is -2.36. The number of ether oxygens (including phenoxy) is 1. The minimum Gasteiger partial charge on any atom is -0.365 e. The van der Waals surface area contributed by atoms with Gasteiger partial charge in [-0.2, -0.15) is 8.75 Å². The molecule has 2 aromatic rings. The quantitative estimate of drug-likeness (QED) is 0.812. The lowest BCUT2D eigenvalue weighted by Crippen LogP contribution is -2.53. The van der Waals surface area contributed by atoms with Crippen molar-refractivity contribution in [3.8, 4) is 0 Å². The van der Waals surface area contributed by atoms with Crippen LogP contribution in [0.5, 0.6) is 0 Å². The highest BCUT2D eigenvalue weighted by atomic mass is 32.1. The number of carbonyl (C=O) groups is 2. The summed E-state index contributed by atoms with van der Waals surface area (Å²) in [5, 5.41) is 0. The molecule has 0 aliphatic carbocycles. The second-order valence-electron chi connectivity index (χ2n) is 6.46. The van der Waals surface area contributed by atoms with Crippen molar-refractivity contribution in [1.82, 2.24) is 18.5 Å². The Bertz CT molecular complexity index is 787. The van der Waals surface area contributed by atoms with Gasteiger partial charge in [0.05, 0.1) is 24.9 Å². The number of fused-ring (bicyclic) bond motifs is 1. The fourth-order valence-electron chi connectivity index (χ4n) is 3.40. The molecular weight excluding hydrogens is 340 g/mol. The van der Waals surface area contributed by atoms with Crippen molar-refractivity contribution in [2.75, 3.05) is 32.8 Å². The van der Waals surface area contributed by atoms with Gasteiger partial charge in [-0.3, -0.25) is 9.59 Å². The van der Waals surface area contributed by atoms with E-state index >= 15 is 0 Å². The van der Waals surface area contributed by atoms with E-state index in [9.17, 15) is 9.59 Å². The second kappa shape index (κ2) is 7.05. The fourth-order valence-corrected chi connectivity index (χ4v) is 3.92. The van der Waals surface area contributed by atoms with Crippen molar-refractivity contribution >= 4 is 34.6 Å². The van der Waals surface area contributed by atoms with E-state index < -0.39 is 6.10 Å². The number of likely N-dealkylation sites (tertiary alicyclic amines) is 1. The summed E-state index contributed by atoms with van der Waals surface area (Å²) in [6.45, 7) is 2.77. The zero-order chi connectivity index (χ0) is 17.2. The molecule has 132 valence electrons. The van der Waals surface area contributed by atoms with E-state index in [1.807, 2.05) is 11.0 Å². The summed E-state index contributed by atoms with van der Waals surface area (Å²) in [6.07, 6.45) is 2.71. The van der Waals surface area contributed by atoms with E-state index in [1.54, 1.807) is 17.0 Å². The number of piperidine rings is 1. The minimum absolute atomic E-state index is 0.0105. The van der Waals surface area contributed by atoms with Gasteiger partial charge in [0.25, 0.3) is 11.8 Å². The zero-order valence-electron chi connectivity index (χ0n) is 13.9. The summed E-state index contributed by atoms with van der Waals surface area (Å²) < 4.78 is 14.0. The lowest BCUT2D eigenvalue weighted by atomic mass is 10.1. The Hall–Kier alpha value is -2.06. The number of amides is 2. The van der Waals surface area contributed by atoms with Crippen molar-refractivity contribution in [3.63, 3.8) is 0 Å². The molecule has 1 aromatic carbocycles. The molecule has 25 heavy (non-hydrogen) atoms. The van der Waals surface area contributed by atoms with Crippen LogP contribution in [-0.2, 0) is 9.53 Å². The first kappa shape index (κ1) is 16.4. The van der Waals surface area contributed by atoms with Gasteiger partial charge >= 0.3 is 0 Å². The summed E-state index contributed by atoms with van der Waals surface area (Å²) in [5.41, 5.74) is 2.10. The Kier molecular flexibility index (Phi) is 4.63. The molecule has 1 unspecified atom stereocenters. The molecule has 4 rings (SSSR count). The molecule has 7 nitrogen and oxygen atoms in total. The Balaban J connectivity index is 1.46. The van der Waals surface area contributed by atoms with Crippen molar-refractivity contribution in [2.24, 2.45) is 0 Å². The van der Waals surface area contributed by atoms with Crippen LogP contribution in [0.4, 0.5) is 0 Å². The van der Waals surface area contributed by atoms with Crippen LogP contribution in [0.2, 0.25) is 0 Å². The molecule has 8 heteroatoms. The maximum Gasteiger partial charge on any atom is 0.254 e. The molecule has 0 N–H and O–H groups in total. The van der Waals surface area contributed by atoms with Crippen molar-refractivity contribution < 1.29 is 14.3 Å². The van der Waals surface area contributed by atoms with E-state index in [2.05, 4.69) is 8.75 Å². The van der Waals surface area contributed by atoms with Gasteiger partial charge in [0.2, 0.25) is 0 Å². The van der Waals surface area contributed by atoms with Gasteiger partial charge in [-0.1, -0.05) is 0 Å². The molecule has 2 amide bonds. The molecule has 0 radical (unpaired) electrons. The first-order valence-electron chi connectivity index (χ1n) is 8.64. The smallest absolute Gasteiger partial charge is 0.254 e. The van der Waals surface area contributed by atoms with E-state index in [0.717, 1.165) is 48.7 Å². The van der Waals surface area contributed by atoms with Crippen molar-refractivity contribution in [3.05, 3.63) is 23.8 Å². The lowest BCUT2D eigenvalue weighted by molar-refractivity contribution is -0.149. The number of aromatic nitrogens is 2. The molecule has 0 saturated carbocycles. The average Bonchev–Trinajstić information content (AvgIpc) is 3.15. The van der Waals surface area contributed by atoms with Gasteiger partial charge < -0.3 is 14.5 Å². The van der Waals surface area contributed by atoms with Crippen molar-refractivity contribution in [2.45, 2.75) is 25.4 Å². The summed E-state index contributed by atoms with van der Waals surface area (Å²) in [6, 6.07) is 5.34. The van der Waals surface area contributed by atoms with E-state index in [0.29, 0.717) is 25.3 Å². The molecule has 1 atom stereocenters. The van der Waals surface area contributed by atoms with Gasteiger partial charge in [0, 0.05) is 25.2 Å². The van der Waals surface area contributed by atoms with Crippen LogP contribution in [0.25, 0.3) is 11.0 Å². The van der Waals surface area contributed by atoms with E-state index in [1.165, 1.54) is 6.42 Å². The molecule has 0 spiro atoms. The molecule has 2 aliphatic heterocycles. The summed E-state index contributed by atoms with van der Waals surface area (Å²) >= 11 is 1.13. The Morgan fingerprint density at radius 2 is 1.84 bits per heavy atom. The van der Waals surface area contributed by atoms with E-state index in [-0.39, 0.29) is 11.8 Å². The predicted molar refractivity (Wildman–Crippen MR) is 93.5 cm³/mol. The van der Waals surface area contributed by atoms with Crippen LogP contribution < -0.4 is 0 Å². The molecule has 3 heterocycles. The van der Waals surface area contributed by atoms with Gasteiger partial charge in [-0.05, 0) is 37.5 Å². The first-order chi connectivity index (χ1) is 12.2. The third kappa shape index (κ3) is 3.36.